The molecule has 0 saturated heterocycles. The summed E-state index contributed by atoms with van der Waals surface area (Å²) in [5.74, 6) is 0.419. The molecule has 0 spiro atoms. The fourth-order valence-electron chi connectivity index (χ4n) is 1.29. The summed E-state index contributed by atoms with van der Waals surface area (Å²) in [7, 11) is 0. The van der Waals surface area contributed by atoms with E-state index in [1.807, 2.05) is 13.0 Å². The van der Waals surface area contributed by atoms with Gasteiger partial charge in [-0.2, -0.15) is 0 Å². The summed E-state index contributed by atoms with van der Waals surface area (Å²) in [5.41, 5.74) is 2.29. The summed E-state index contributed by atoms with van der Waals surface area (Å²) in [5, 5.41) is 0.961. The van der Waals surface area contributed by atoms with Crippen LogP contribution in [0, 0.1) is 18.7 Å². The molecule has 0 aliphatic carbocycles. The fourth-order valence-corrected chi connectivity index (χ4v) is 1.52. The van der Waals surface area contributed by atoms with Crippen molar-refractivity contribution in [2.75, 3.05) is 5.33 Å². The SMILES string of the molecule is Cc1ccc(F)cc1CC(C)CBr. The van der Waals surface area contributed by atoms with Gasteiger partial charge in [0.2, 0.25) is 0 Å². The molecule has 1 aromatic rings. The van der Waals surface area contributed by atoms with Crippen molar-refractivity contribution in [3.8, 4) is 0 Å². The van der Waals surface area contributed by atoms with Crippen LogP contribution in [0.1, 0.15) is 18.1 Å². The molecule has 0 aliphatic rings. The summed E-state index contributed by atoms with van der Waals surface area (Å²) in [6.45, 7) is 4.18. The van der Waals surface area contributed by atoms with Gasteiger partial charge in [0.15, 0.2) is 0 Å². The van der Waals surface area contributed by atoms with Crippen LogP contribution in [0.25, 0.3) is 0 Å². The third kappa shape index (κ3) is 3.11. The minimum absolute atomic E-state index is 0.137. The van der Waals surface area contributed by atoms with E-state index in [0.717, 1.165) is 17.3 Å². The van der Waals surface area contributed by atoms with Crippen molar-refractivity contribution < 1.29 is 4.39 Å². The van der Waals surface area contributed by atoms with E-state index in [1.165, 1.54) is 11.6 Å². The van der Waals surface area contributed by atoms with Crippen LogP contribution < -0.4 is 0 Å². The van der Waals surface area contributed by atoms with E-state index in [0.29, 0.717) is 5.92 Å². The average molecular weight is 245 g/mol. The molecule has 0 amide bonds. The van der Waals surface area contributed by atoms with Crippen LogP contribution in [0.15, 0.2) is 18.2 Å². The molecule has 0 bridgehead atoms. The summed E-state index contributed by atoms with van der Waals surface area (Å²) < 4.78 is 12.9. The van der Waals surface area contributed by atoms with Crippen LogP contribution in [0.2, 0.25) is 0 Å². The highest BCUT2D eigenvalue weighted by atomic mass is 79.9. The third-order valence-corrected chi connectivity index (χ3v) is 3.25. The lowest BCUT2D eigenvalue weighted by Crippen LogP contribution is -2.02. The van der Waals surface area contributed by atoms with E-state index < -0.39 is 0 Å². The quantitative estimate of drug-likeness (QED) is 0.712. The number of rotatable bonds is 3. The number of halogens is 2. The van der Waals surface area contributed by atoms with E-state index in [2.05, 4.69) is 22.9 Å². The molecule has 13 heavy (non-hydrogen) atoms. The summed E-state index contributed by atoms with van der Waals surface area (Å²) >= 11 is 3.42. The maximum atomic E-state index is 12.9. The van der Waals surface area contributed by atoms with Gasteiger partial charge in [0.25, 0.3) is 0 Å². The van der Waals surface area contributed by atoms with Gasteiger partial charge in [-0.15, -0.1) is 0 Å². The number of hydrogen-bond acceptors (Lipinski definition) is 0. The second-order valence-electron chi connectivity index (χ2n) is 3.53. The van der Waals surface area contributed by atoms with Crippen molar-refractivity contribution in [3.63, 3.8) is 0 Å². The number of benzene rings is 1. The molecule has 0 nitrogen and oxygen atoms in total. The van der Waals surface area contributed by atoms with E-state index >= 15 is 0 Å². The van der Waals surface area contributed by atoms with E-state index in [9.17, 15) is 4.39 Å². The maximum Gasteiger partial charge on any atom is 0.123 e. The van der Waals surface area contributed by atoms with Crippen LogP contribution >= 0.6 is 15.9 Å². The minimum atomic E-state index is -0.137. The normalized spacial score (nSPS) is 12.9. The molecule has 1 atom stereocenters. The summed E-state index contributed by atoms with van der Waals surface area (Å²) in [4.78, 5) is 0. The topological polar surface area (TPSA) is 0 Å². The Morgan fingerprint density at radius 1 is 1.46 bits per heavy atom. The van der Waals surface area contributed by atoms with Crippen molar-refractivity contribution >= 4 is 15.9 Å². The van der Waals surface area contributed by atoms with Gasteiger partial charge < -0.3 is 0 Å². The Bertz CT molecular complexity index is 283. The first-order valence-electron chi connectivity index (χ1n) is 4.44. The Balaban J connectivity index is 2.81. The molecule has 0 heterocycles. The Kier molecular flexibility index (Phi) is 3.91. The van der Waals surface area contributed by atoms with Gasteiger partial charge in [-0.25, -0.2) is 4.39 Å². The van der Waals surface area contributed by atoms with Gasteiger partial charge in [0.1, 0.15) is 5.82 Å². The van der Waals surface area contributed by atoms with Gasteiger partial charge in [0, 0.05) is 5.33 Å². The zero-order valence-corrected chi connectivity index (χ0v) is 9.57. The monoisotopic (exact) mass is 244 g/mol. The van der Waals surface area contributed by atoms with Crippen molar-refractivity contribution in [2.24, 2.45) is 5.92 Å². The number of alkyl halides is 1. The zero-order valence-electron chi connectivity index (χ0n) is 7.98. The first-order chi connectivity index (χ1) is 6.13. The lowest BCUT2D eigenvalue weighted by atomic mass is 9.99. The van der Waals surface area contributed by atoms with E-state index in [1.54, 1.807) is 6.07 Å². The van der Waals surface area contributed by atoms with Gasteiger partial charge in [-0.3, -0.25) is 0 Å². The molecule has 1 rings (SSSR count). The highest BCUT2D eigenvalue weighted by Crippen LogP contribution is 2.16. The Morgan fingerprint density at radius 3 is 2.77 bits per heavy atom. The van der Waals surface area contributed by atoms with Crippen molar-refractivity contribution in [3.05, 3.63) is 35.1 Å². The Morgan fingerprint density at radius 2 is 2.15 bits per heavy atom. The van der Waals surface area contributed by atoms with Gasteiger partial charge in [0.05, 0.1) is 0 Å². The predicted octanol–water partition coefficient (Wildman–Crippen LogP) is 3.71. The van der Waals surface area contributed by atoms with Gasteiger partial charge in [-0.1, -0.05) is 28.9 Å². The Labute approximate surface area is 87.3 Å². The molecule has 2 heteroatoms. The van der Waals surface area contributed by atoms with Crippen LogP contribution in [-0.4, -0.2) is 5.33 Å². The molecule has 0 saturated carbocycles. The van der Waals surface area contributed by atoms with Crippen molar-refractivity contribution in [2.45, 2.75) is 20.3 Å². The fraction of sp³-hybridized carbons (Fsp3) is 0.455. The maximum absolute atomic E-state index is 12.9. The minimum Gasteiger partial charge on any atom is -0.207 e. The summed E-state index contributed by atoms with van der Waals surface area (Å²) in [6.07, 6.45) is 0.939. The molecule has 1 unspecified atom stereocenters. The number of aryl methyl sites for hydroxylation is 1. The molecular formula is C11H14BrF. The standard InChI is InChI=1S/C11H14BrF/c1-8(7-12)5-10-6-11(13)4-3-9(10)2/h3-4,6,8H,5,7H2,1-2H3. The number of hydrogen-bond donors (Lipinski definition) is 0. The summed E-state index contributed by atoms with van der Waals surface area (Å²) in [6, 6.07) is 4.98. The van der Waals surface area contributed by atoms with Crippen LogP contribution in [0.5, 0.6) is 0 Å². The van der Waals surface area contributed by atoms with Crippen LogP contribution in [0.4, 0.5) is 4.39 Å². The Hall–Kier alpha value is -0.370. The molecule has 72 valence electrons. The molecule has 0 aromatic heterocycles. The van der Waals surface area contributed by atoms with E-state index in [4.69, 9.17) is 0 Å². The van der Waals surface area contributed by atoms with E-state index in [-0.39, 0.29) is 5.82 Å². The third-order valence-electron chi connectivity index (χ3n) is 2.14. The second kappa shape index (κ2) is 4.75. The first-order valence-corrected chi connectivity index (χ1v) is 5.56. The predicted molar refractivity (Wildman–Crippen MR) is 57.8 cm³/mol. The first kappa shape index (κ1) is 10.7. The van der Waals surface area contributed by atoms with Crippen LogP contribution in [-0.2, 0) is 6.42 Å². The second-order valence-corrected chi connectivity index (χ2v) is 4.18. The molecule has 0 N–H and O–H groups in total. The van der Waals surface area contributed by atoms with Gasteiger partial charge >= 0.3 is 0 Å². The van der Waals surface area contributed by atoms with Crippen LogP contribution in [0.3, 0.4) is 0 Å². The largest absolute Gasteiger partial charge is 0.207 e. The molecular weight excluding hydrogens is 231 g/mol. The van der Waals surface area contributed by atoms with Crippen molar-refractivity contribution in [1.29, 1.82) is 0 Å². The van der Waals surface area contributed by atoms with Gasteiger partial charge in [-0.05, 0) is 42.5 Å². The average Bonchev–Trinajstić information content (AvgIpc) is 2.11. The highest BCUT2D eigenvalue weighted by Gasteiger charge is 2.05. The molecule has 0 aliphatic heterocycles. The highest BCUT2D eigenvalue weighted by molar-refractivity contribution is 9.09. The van der Waals surface area contributed by atoms with Crippen molar-refractivity contribution in [1.82, 2.24) is 0 Å². The zero-order chi connectivity index (χ0) is 9.84. The molecule has 0 fully saturated rings. The smallest absolute Gasteiger partial charge is 0.123 e. The lowest BCUT2D eigenvalue weighted by molar-refractivity contribution is 0.614. The molecule has 1 aromatic carbocycles. The lowest BCUT2D eigenvalue weighted by Gasteiger charge is -2.10. The molecule has 0 radical (unpaired) electrons.